The third-order valence-electron chi connectivity index (χ3n) is 4.11. The van der Waals surface area contributed by atoms with Crippen LogP contribution in [0.25, 0.3) is 0 Å². The molecule has 0 spiro atoms. The topological polar surface area (TPSA) is 15.3 Å². The molecule has 0 fully saturated rings. The Bertz CT molecular complexity index is 387. The fourth-order valence-corrected chi connectivity index (χ4v) is 3.02. The average Bonchev–Trinajstić information content (AvgIpc) is 2.46. The molecule has 0 radical (unpaired) electrons. The fraction of sp³-hybridized carbons (Fsp3) is 0.667. The van der Waals surface area contributed by atoms with Crippen LogP contribution in [0.5, 0.6) is 0 Å². The number of benzene rings is 1. The molecular weight excluding hydrogens is 244 g/mol. The fourth-order valence-electron chi connectivity index (χ4n) is 3.02. The normalized spacial score (nSPS) is 14.7. The van der Waals surface area contributed by atoms with E-state index in [9.17, 15) is 0 Å². The molecule has 1 aromatic carbocycles. The molecule has 0 aliphatic carbocycles. The Labute approximate surface area is 124 Å². The number of hydrogen-bond donors (Lipinski definition) is 1. The maximum Gasteiger partial charge on any atom is 0.0398 e. The Morgan fingerprint density at radius 2 is 1.90 bits per heavy atom. The predicted octanol–water partition coefficient (Wildman–Crippen LogP) is 4.00. The van der Waals surface area contributed by atoms with Crippen molar-refractivity contribution < 1.29 is 0 Å². The Hall–Kier alpha value is -1.02. The number of unbranched alkanes of at least 4 members (excludes halogenated alkanes) is 3. The van der Waals surface area contributed by atoms with Gasteiger partial charge in [-0.3, -0.25) is 0 Å². The van der Waals surface area contributed by atoms with E-state index >= 15 is 0 Å². The molecule has 20 heavy (non-hydrogen) atoms. The van der Waals surface area contributed by atoms with Crippen LogP contribution < -0.4 is 10.2 Å². The van der Waals surface area contributed by atoms with Gasteiger partial charge < -0.3 is 10.2 Å². The summed E-state index contributed by atoms with van der Waals surface area (Å²) in [7, 11) is 0. The third kappa shape index (κ3) is 4.82. The van der Waals surface area contributed by atoms with Gasteiger partial charge in [0.1, 0.15) is 0 Å². The summed E-state index contributed by atoms with van der Waals surface area (Å²) in [5, 5.41) is 3.49. The Balaban J connectivity index is 1.63. The molecule has 2 nitrogen and oxygen atoms in total. The third-order valence-corrected chi connectivity index (χ3v) is 4.11. The summed E-state index contributed by atoms with van der Waals surface area (Å²) in [4.78, 5) is 2.59. The molecule has 112 valence electrons. The molecule has 1 aliphatic rings. The van der Waals surface area contributed by atoms with Crippen LogP contribution in [-0.2, 0) is 6.42 Å². The summed E-state index contributed by atoms with van der Waals surface area (Å²) >= 11 is 0. The van der Waals surface area contributed by atoms with Gasteiger partial charge in [0, 0.05) is 24.8 Å². The zero-order valence-electron chi connectivity index (χ0n) is 13.2. The van der Waals surface area contributed by atoms with Crippen molar-refractivity contribution in [2.45, 2.75) is 58.4 Å². The first-order valence-corrected chi connectivity index (χ1v) is 8.33. The lowest BCUT2D eigenvalue weighted by Gasteiger charge is -2.31. The first-order valence-electron chi connectivity index (χ1n) is 8.33. The number of aryl methyl sites for hydroxylation is 1. The molecule has 1 N–H and O–H groups in total. The minimum atomic E-state index is 0.625. The molecule has 0 bridgehead atoms. The second kappa shape index (κ2) is 8.31. The van der Waals surface area contributed by atoms with Crippen molar-refractivity contribution in [2.75, 3.05) is 24.5 Å². The molecule has 0 atom stereocenters. The SMILES string of the molecule is CC(C)NCCCCCCN1CCCc2ccccc21. The van der Waals surface area contributed by atoms with E-state index in [1.165, 1.54) is 63.8 Å². The Kier molecular flexibility index (Phi) is 6.38. The predicted molar refractivity (Wildman–Crippen MR) is 88.6 cm³/mol. The minimum Gasteiger partial charge on any atom is -0.371 e. The number of nitrogens with one attached hydrogen (secondary N) is 1. The van der Waals surface area contributed by atoms with Crippen LogP contribution in [0.1, 0.15) is 51.5 Å². The van der Waals surface area contributed by atoms with Crippen LogP contribution in [0.2, 0.25) is 0 Å². The van der Waals surface area contributed by atoms with Gasteiger partial charge in [-0.2, -0.15) is 0 Å². The molecule has 2 rings (SSSR count). The van der Waals surface area contributed by atoms with E-state index in [0.717, 1.165) is 0 Å². The Morgan fingerprint density at radius 3 is 2.75 bits per heavy atom. The van der Waals surface area contributed by atoms with Crippen molar-refractivity contribution >= 4 is 5.69 Å². The standard InChI is InChI=1S/C18H30N2/c1-16(2)19-13-7-3-4-8-14-20-15-9-11-17-10-5-6-12-18(17)20/h5-6,10,12,16,19H,3-4,7-9,11,13-15H2,1-2H3. The molecule has 0 saturated carbocycles. The number of hydrogen-bond acceptors (Lipinski definition) is 2. The quantitative estimate of drug-likeness (QED) is 0.721. The van der Waals surface area contributed by atoms with Gasteiger partial charge in [0.05, 0.1) is 0 Å². The van der Waals surface area contributed by atoms with Crippen molar-refractivity contribution in [3.05, 3.63) is 29.8 Å². The van der Waals surface area contributed by atoms with Crippen molar-refractivity contribution in [1.29, 1.82) is 0 Å². The monoisotopic (exact) mass is 274 g/mol. The van der Waals surface area contributed by atoms with Crippen LogP contribution in [0, 0.1) is 0 Å². The van der Waals surface area contributed by atoms with Gasteiger partial charge in [-0.25, -0.2) is 0 Å². The second-order valence-electron chi connectivity index (χ2n) is 6.24. The summed E-state index contributed by atoms with van der Waals surface area (Å²) in [6, 6.07) is 9.55. The van der Waals surface area contributed by atoms with Crippen LogP contribution in [0.4, 0.5) is 5.69 Å². The van der Waals surface area contributed by atoms with Crippen LogP contribution in [0.3, 0.4) is 0 Å². The minimum absolute atomic E-state index is 0.625. The Morgan fingerprint density at radius 1 is 1.10 bits per heavy atom. The maximum atomic E-state index is 3.49. The number of nitrogens with zero attached hydrogens (tertiary/aromatic N) is 1. The second-order valence-corrected chi connectivity index (χ2v) is 6.24. The van der Waals surface area contributed by atoms with Crippen molar-refractivity contribution in [2.24, 2.45) is 0 Å². The lowest BCUT2D eigenvalue weighted by atomic mass is 10.0. The number of anilines is 1. The molecule has 2 heteroatoms. The summed E-state index contributed by atoms with van der Waals surface area (Å²) in [6.45, 7) is 8.08. The molecule has 1 aliphatic heterocycles. The summed E-state index contributed by atoms with van der Waals surface area (Å²) < 4.78 is 0. The van der Waals surface area contributed by atoms with E-state index in [4.69, 9.17) is 0 Å². The smallest absolute Gasteiger partial charge is 0.0398 e. The number of fused-ring (bicyclic) bond motifs is 1. The van der Waals surface area contributed by atoms with Gasteiger partial charge in [-0.1, -0.05) is 44.9 Å². The first kappa shape index (κ1) is 15.4. The van der Waals surface area contributed by atoms with E-state index in [1.807, 2.05) is 0 Å². The molecule has 0 unspecified atom stereocenters. The van der Waals surface area contributed by atoms with Gasteiger partial charge in [0.2, 0.25) is 0 Å². The van der Waals surface area contributed by atoms with Gasteiger partial charge in [-0.15, -0.1) is 0 Å². The lowest BCUT2D eigenvalue weighted by molar-refractivity contribution is 0.538. The van der Waals surface area contributed by atoms with Crippen LogP contribution >= 0.6 is 0 Å². The molecule has 0 aromatic heterocycles. The molecule has 0 saturated heterocycles. The highest BCUT2D eigenvalue weighted by Crippen LogP contribution is 2.26. The van der Waals surface area contributed by atoms with Crippen LogP contribution in [0.15, 0.2) is 24.3 Å². The number of rotatable bonds is 8. The van der Waals surface area contributed by atoms with Crippen molar-refractivity contribution in [3.63, 3.8) is 0 Å². The van der Waals surface area contributed by atoms with E-state index in [-0.39, 0.29) is 0 Å². The van der Waals surface area contributed by atoms with Gasteiger partial charge in [0.25, 0.3) is 0 Å². The van der Waals surface area contributed by atoms with E-state index < -0.39 is 0 Å². The van der Waals surface area contributed by atoms with Gasteiger partial charge in [-0.05, 0) is 43.9 Å². The van der Waals surface area contributed by atoms with E-state index in [2.05, 4.69) is 48.3 Å². The molecule has 1 aromatic rings. The lowest BCUT2D eigenvalue weighted by Crippen LogP contribution is -2.30. The number of para-hydroxylation sites is 1. The van der Waals surface area contributed by atoms with Gasteiger partial charge in [0.15, 0.2) is 0 Å². The molecule has 1 heterocycles. The zero-order valence-corrected chi connectivity index (χ0v) is 13.2. The van der Waals surface area contributed by atoms with E-state index in [0.29, 0.717) is 6.04 Å². The summed E-state index contributed by atoms with van der Waals surface area (Å²) in [5.74, 6) is 0. The summed E-state index contributed by atoms with van der Waals surface area (Å²) in [5.41, 5.74) is 3.03. The zero-order chi connectivity index (χ0) is 14.2. The molecule has 0 amide bonds. The maximum absolute atomic E-state index is 3.49. The summed E-state index contributed by atoms with van der Waals surface area (Å²) in [6.07, 6.45) is 7.93. The van der Waals surface area contributed by atoms with Crippen molar-refractivity contribution in [1.82, 2.24) is 5.32 Å². The highest BCUT2D eigenvalue weighted by Gasteiger charge is 2.15. The average molecular weight is 274 g/mol. The van der Waals surface area contributed by atoms with Crippen LogP contribution in [-0.4, -0.2) is 25.7 Å². The largest absolute Gasteiger partial charge is 0.371 e. The molecular formula is C18H30N2. The van der Waals surface area contributed by atoms with Gasteiger partial charge >= 0.3 is 0 Å². The highest BCUT2D eigenvalue weighted by atomic mass is 15.1. The van der Waals surface area contributed by atoms with Crippen molar-refractivity contribution in [3.8, 4) is 0 Å². The van der Waals surface area contributed by atoms with E-state index in [1.54, 1.807) is 5.56 Å². The first-order chi connectivity index (χ1) is 9.77. The highest BCUT2D eigenvalue weighted by molar-refractivity contribution is 5.55.